The third kappa shape index (κ3) is 1.34. The number of rotatable bonds is 1. The van der Waals surface area contributed by atoms with Crippen LogP contribution in [-0.4, -0.2) is 4.92 Å². The van der Waals surface area contributed by atoms with E-state index in [1.165, 1.54) is 11.1 Å². The molecule has 1 N–H and O–H groups in total. The monoisotopic (exact) mass is 266 g/mol. The number of nitrogens with one attached hydrogen (secondary N) is 1. The highest BCUT2D eigenvalue weighted by atomic mass is 16.6. The topological polar surface area (TPSA) is 55.2 Å². The zero-order valence-corrected chi connectivity index (χ0v) is 11.1. The van der Waals surface area contributed by atoms with E-state index in [1.54, 1.807) is 12.1 Å². The quantitative estimate of drug-likeness (QED) is 0.637. The largest absolute Gasteiger partial charge is 0.297 e. The molecule has 0 unspecified atom stereocenters. The van der Waals surface area contributed by atoms with E-state index in [9.17, 15) is 10.1 Å². The van der Waals surface area contributed by atoms with E-state index < -0.39 is 0 Å². The lowest BCUT2D eigenvalue weighted by Gasteiger charge is -2.34. The van der Waals surface area contributed by atoms with Crippen molar-refractivity contribution in [3.8, 4) is 0 Å². The van der Waals surface area contributed by atoms with Crippen LogP contribution in [-0.2, 0) is 12.0 Å². The van der Waals surface area contributed by atoms with Crippen molar-refractivity contribution < 1.29 is 4.92 Å². The van der Waals surface area contributed by atoms with Crippen molar-refractivity contribution in [3.63, 3.8) is 0 Å². The molecular formula is C16H14N2O2. The van der Waals surface area contributed by atoms with E-state index in [4.69, 9.17) is 0 Å². The van der Waals surface area contributed by atoms with Crippen LogP contribution < -0.4 is 5.32 Å². The van der Waals surface area contributed by atoms with Crippen LogP contribution in [0.25, 0.3) is 0 Å². The third-order valence-electron chi connectivity index (χ3n) is 4.60. The summed E-state index contributed by atoms with van der Waals surface area (Å²) >= 11 is 0. The van der Waals surface area contributed by atoms with Crippen LogP contribution in [0, 0.1) is 10.1 Å². The van der Waals surface area contributed by atoms with Gasteiger partial charge >= 0.3 is 0 Å². The first-order valence-corrected chi connectivity index (χ1v) is 6.74. The van der Waals surface area contributed by atoms with Crippen molar-refractivity contribution in [2.45, 2.75) is 24.9 Å². The molecule has 0 amide bonds. The summed E-state index contributed by atoms with van der Waals surface area (Å²) < 4.78 is 0. The van der Waals surface area contributed by atoms with Gasteiger partial charge in [0.2, 0.25) is 0 Å². The summed E-state index contributed by atoms with van der Waals surface area (Å²) in [5.74, 6) is 0. The fraction of sp³-hybridized carbons (Fsp3) is 0.250. The van der Waals surface area contributed by atoms with E-state index >= 15 is 0 Å². The van der Waals surface area contributed by atoms with E-state index in [-0.39, 0.29) is 22.2 Å². The molecule has 4 heteroatoms. The smallest absolute Gasteiger partial charge is 0.269 e. The number of fused-ring (bicyclic) bond motifs is 7. The van der Waals surface area contributed by atoms with E-state index in [2.05, 4.69) is 36.5 Å². The van der Waals surface area contributed by atoms with Crippen molar-refractivity contribution in [1.29, 1.82) is 0 Å². The Hall–Kier alpha value is -2.20. The maximum Gasteiger partial charge on any atom is 0.269 e. The first-order chi connectivity index (χ1) is 9.59. The van der Waals surface area contributed by atoms with Gasteiger partial charge in [0.1, 0.15) is 0 Å². The van der Waals surface area contributed by atoms with Gasteiger partial charge in [-0.3, -0.25) is 15.4 Å². The molecular weight excluding hydrogens is 252 g/mol. The number of nitro benzene ring substituents is 1. The van der Waals surface area contributed by atoms with Crippen molar-refractivity contribution >= 4 is 5.69 Å². The van der Waals surface area contributed by atoms with Crippen LogP contribution in [0.2, 0.25) is 0 Å². The number of hydrogen-bond donors (Lipinski definition) is 1. The molecule has 100 valence electrons. The van der Waals surface area contributed by atoms with Crippen LogP contribution in [0.3, 0.4) is 0 Å². The van der Waals surface area contributed by atoms with Gasteiger partial charge in [-0.05, 0) is 41.7 Å². The molecule has 0 aromatic heterocycles. The molecule has 4 rings (SSSR count). The number of nitro groups is 1. The first kappa shape index (κ1) is 11.6. The first-order valence-electron chi connectivity index (χ1n) is 6.74. The molecule has 0 saturated carbocycles. The van der Waals surface area contributed by atoms with Crippen molar-refractivity contribution in [2.75, 3.05) is 0 Å². The highest BCUT2D eigenvalue weighted by molar-refractivity contribution is 5.56. The summed E-state index contributed by atoms with van der Waals surface area (Å²) in [6.07, 6.45) is 0.809. The second-order valence-corrected chi connectivity index (χ2v) is 5.71. The molecule has 0 fully saturated rings. The molecule has 2 bridgehead atoms. The summed E-state index contributed by atoms with van der Waals surface area (Å²) in [5, 5.41) is 14.6. The standard InChI is InChI=1S/C16H14N2O2/c1-16-13-7-6-11(18(19)20)8-10(13)9-15(17-16)12-4-2-3-5-14(12)16/h2-8,15,17H,9H2,1H3/t15-,16+/m1/s1. The van der Waals surface area contributed by atoms with Crippen LogP contribution in [0.15, 0.2) is 42.5 Å². The summed E-state index contributed by atoms with van der Waals surface area (Å²) in [7, 11) is 0. The van der Waals surface area contributed by atoms with Crippen molar-refractivity contribution in [2.24, 2.45) is 0 Å². The Morgan fingerprint density at radius 1 is 1.25 bits per heavy atom. The second-order valence-electron chi connectivity index (χ2n) is 5.71. The van der Waals surface area contributed by atoms with Gasteiger partial charge in [-0.25, -0.2) is 0 Å². The summed E-state index contributed by atoms with van der Waals surface area (Å²) in [6.45, 7) is 2.16. The maximum absolute atomic E-state index is 11.0. The minimum Gasteiger partial charge on any atom is -0.297 e. The number of benzene rings is 2. The Balaban J connectivity index is 1.95. The molecule has 2 atom stereocenters. The Morgan fingerprint density at radius 3 is 2.85 bits per heavy atom. The van der Waals surface area contributed by atoms with Gasteiger partial charge < -0.3 is 0 Å². The van der Waals surface area contributed by atoms with E-state index in [0.717, 1.165) is 17.5 Å². The van der Waals surface area contributed by atoms with Crippen LogP contribution in [0.5, 0.6) is 0 Å². The third-order valence-corrected chi connectivity index (χ3v) is 4.60. The second kappa shape index (κ2) is 3.67. The number of non-ortho nitro benzene ring substituents is 1. The number of nitrogens with zero attached hydrogens (tertiary/aromatic N) is 1. The minimum absolute atomic E-state index is 0.178. The van der Waals surface area contributed by atoms with Gasteiger partial charge in [-0.2, -0.15) is 0 Å². The lowest BCUT2D eigenvalue weighted by atomic mass is 9.82. The Kier molecular flexibility index (Phi) is 2.13. The van der Waals surface area contributed by atoms with Gasteiger partial charge in [-0.1, -0.05) is 24.3 Å². The van der Waals surface area contributed by atoms with Gasteiger partial charge in [0.15, 0.2) is 0 Å². The average Bonchev–Trinajstić information content (AvgIpc) is 2.69. The average molecular weight is 266 g/mol. The number of hydrogen-bond acceptors (Lipinski definition) is 3. The Morgan fingerprint density at radius 2 is 2.05 bits per heavy atom. The molecule has 20 heavy (non-hydrogen) atoms. The van der Waals surface area contributed by atoms with Gasteiger partial charge in [-0.15, -0.1) is 0 Å². The highest BCUT2D eigenvalue weighted by Crippen LogP contribution is 2.48. The predicted octanol–water partition coefficient (Wildman–Crippen LogP) is 3.06. The molecule has 0 spiro atoms. The summed E-state index contributed by atoms with van der Waals surface area (Å²) in [4.78, 5) is 10.6. The molecule has 2 heterocycles. The SMILES string of the molecule is C[C@]12N[C@H](Cc3cc([N+](=O)[O-])ccc31)c1ccccc12. The van der Waals surface area contributed by atoms with Crippen LogP contribution in [0.4, 0.5) is 5.69 Å². The lowest BCUT2D eigenvalue weighted by Crippen LogP contribution is -2.41. The van der Waals surface area contributed by atoms with Gasteiger partial charge in [0.05, 0.1) is 10.5 Å². The maximum atomic E-state index is 11.0. The zero-order chi connectivity index (χ0) is 13.9. The van der Waals surface area contributed by atoms with Gasteiger partial charge in [0.25, 0.3) is 5.69 Å². The summed E-state index contributed by atoms with van der Waals surface area (Å²) in [5.41, 5.74) is 4.79. The Bertz CT molecular complexity index is 741. The zero-order valence-electron chi connectivity index (χ0n) is 11.1. The molecule has 4 nitrogen and oxygen atoms in total. The molecule has 2 aliphatic rings. The molecule has 2 aromatic rings. The van der Waals surface area contributed by atoms with E-state index in [0.29, 0.717) is 0 Å². The lowest BCUT2D eigenvalue weighted by molar-refractivity contribution is -0.384. The predicted molar refractivity (Wildman–Crippen MR) is 75.6 cm³/mol. The summed E-state index contributed by atoms with van der Waals surface area (Å²) in [6, 6.07) is 13.9. The fourth-order valence-corrected chi connectivity index (χ4v) is 3.71. The molecule has 0 aliphatic carbocycles. The van der Waals surface area contributed by atoms with Crippen molar-refractivity contribution in [3.05, 3.63) is 74.8 Å². The van der Waals surface area contributed by atoms with Crippen LogP contribution in [0.1, 0.15) is 35.2 Å². The van der Waals surface area contributed by atoms with Gasteiger partial charge in [0, 0.05) is 18.2 Å². The van der Waals surface area contributed by atoms with E-state index in [1.807, 2.05) is 6.07 Å². The minimum atomic E-state index is -0.320. The molecule has 0 radical (unpaired) electrons. The molecule has 2 aromatic carbocycles. The molecule has 0 saturated heterocycles. The van der Waals surface area contributed by atoms with Crippen molar-refractivity contribution in [1.82, 2.24) is 5.32 Å². The normalized spacial score (nSPS) is 25.9. The fourth-order valence-electron chi connectivity index (χ4n) is 3.71. The Labute approximate surface area is 116 Å². The molecule has 2 aliphatic heterocycles. The highest BCUT2D eigenvalue weighted by Gasteiger charge is 2.45. The van der Waals surface area contributed by atoms with Crippen LogP contribution >= 0.6 is 0 Å².